The number of hydrogen-bond acceptors (Lipinski definition) is 4. The fraction of sp³-hybridized carbons (Fsp3) is 0.200. The zero-order valence-electron chi connectivity index (χ0n) is 17.5. The van der Waals surface area contributed by atoms with E-state index in [-0.39, 0.29) is 23.6 Å². The number of anilines is 2. The zero-order valence-corrected chi connectivity index (χ0v) is 17.5. The second kappa shape index (κ2) is 9.87. The third kappa shape index (κ3) is 5.18. The predicted octanol–water partition coefficient (Wildman–Crippen LogP) is 3.82. The minimum atomic E-state index is -0.305. The molecule has 3 amide bonds. The number of nitrogens with zero attached hydrogens (tertiary/aromatic N) is 2. The molecular weight excluding hydrogens is 404 g/mol. The number of hydrogen-bond donors (Lipinski definition) is 2. The Balaban J connectivity index is 1.29. The topological polar surface area (TPSA) is 91.4 Å². The van der Waals surface area contributed by atoms with Crippen molar-refractivity contribution < 1.29 is 14.4 Å². The zero-order chi connectivity index (χ0) is 22.3. The number of aromatic nitrogens is 1. The van der Waals surface area contributed by atoms with E-state index >= 15 is 0 Å². The normalized spacial score (nSPS) is 13.9. The van der Waals surface area contributed by atoms with Crippen LogP contribution < -0.4 is 10.6 Å². The molecule has 2 N–H and O–H groups in total. The van der Waals surface area contributed by atoms with E-state index in [2.05, 4.69) is 15.6 Å². The summed E-state index contributed by atoms with van der Waals surface area (Å²) < 4.78 is 0. The van der Waals surface area contributed by atoms with E-state index in [1.807, 2.05) is 30.3 Å². The van der Waals surface area contributed by atoms with Gasteiger partial charge in [0.05, 0.1) is 0 Å². The highest BCUT2D eigenvalue weighted by Crippen LogP contribution is 2.22. The van der Waals surface area contributed by atoms with Gasteiger partial charge in [0.15, 0.2) is 0 Å². The molecule has 0 aliphatic carbocycles. The summed E-state index contributed by atoms with van der Waals surface area (Å²) in [6.07, 6.45) is 2.82. The van der Waals surface area contributed by atoms with E-state index < -0.39 is 0 Å². The van der Waals surface area contributed by atoms with Gasteiger partial charge in [-0.15, -0.1) is 0 Å². The summed E-state index contributed by atoms with van der Waals surface area (Å²) >= 11 is 0. The highest BCUT2D eigenvalue weighted by atomic mass is 16.2. The average Bonchev–Trinajstić information content (AvgIpc) is 2.85. The molecule has 1 fully saturated rings. The highest BCUT2D eigenvalue weighted by Gasteiger charge is 2.28. The first kappa shape index (κ1) is 21.2. The van der Waals surface area contributed by atoms with Gasteiger partial charge in [0, 0.05) is 42.1 Å². The number of likely N-dealkylation sites (tertiary alicyclic amines) is 1. The van der Waals surface area contributed by atoms with Gasteiger partial charge < -0.3 is 15.5 Å². The number of carbonyl (C=O) groups is 3. The van der Waals surface area contributed by atoms with Crippen molar-refractivity contribution in [3.8, 4) is 0 Å². The molecule has 7 nitrogen and oxygen atoms in total. The quantitative estimate of drug-likeness (QED) is 0.646. The molecule has 1 saturated heterocycles. The Labute approximate surface area is 186 Å². The van der Waals surface area contributed by atoms with Crippen LogP contribution in [0.4, 0.5) is 11.4 Å². The lowest BCUT2D eigenvalue weighted by molar-refractivity contribution is -0.121. The van der Waals surface area contributed by atoms with Gasteiger partial charge in [0.25, 0.3) is 11.8 Å². The van der Waals surface area contributed by atoms with Crippen LogP contribution in [0, 0.1) is 5.92 Å². The standard InChI is InChI=1S/C25H24N4O3/c30-23(27-20-6-2-1-3-7-20)18-13-16-29(17-14-18)25(32)19-9-11-21(12-10-19)28-24(31)22-8-4-5-15-26-22/h1-12,15,18H,13-14,16-17H2,(H,27,30)(H,28,31). The number of benzene rings is 2. The van der Waals surface area contributed by atoms with Gasteiger partial charge in [-0.2, -0.15) is 0 Å². The van der Waals surface area contributed by atoms with Crippen LogP contribution in [-0.2, 0) is 4.79 Å². The van der Waals surface area contributed by atoms with Crippen molar-refractivity contribution in [1.29, 1.82) is 0 Å². The summed E-state index contributed by atoms with van der Waals surface area (Å²) in [6.45, 7) is 1.06. The largest absolute Gasteiger partial charge is 0.339 e. The van der Waals surface area contributed by atoms with E-state index in [1.165, 1.54) is 0 Å². The summed E-state index contributed by atoms with van der Waals surface area (Å²) in [6, 6.07) is 21.3. The molecule has 0 radical (unpaired) electrons. The third-order valence-corrected chi connectivity index (χ3v) is 5.48. The van der Waals surface area contributed by atoms with Gasteiger partial charge in [-0.3, -0.25) is 19.4 Å². The second-order valence-corrected chi connectivity index (χ2v) is 7.67. The van der Waals surface area contributed by atoms with Gasteiger partial charge in [-0.05, 0) is 61.4 Å². The van der Waals surface area contributed by atoms with Gasteiger partial charge in [0.2, 0.25) is 5.91 Å². The molecule has 1 aromatic heterocycles. The fourth-order valence-electron chi connectivity index (χ4n) is 3.68. The van der Waals surface area contributed by atoms with Crippen LogP contribution in [-0.4, -0.2) is 40.7 Å². The average molecular weight is 428 g/mol. The van der Waals surface area contributed by atoms with Crippen LogP contribution in [0.3, 0.4) is 0 Å². The molecule has 0 atom stereocenters. The van der Waals surface area contributed by atoms with Gasteiger partial charge in [-0.25, -0.2) is 0 Å². The van der Waals surface area contributed by atoms with Crippen LogP contribution in [0.5, 0.6) is 0 Å². The Morgan fingerprint density at radius 1 is 0.781 bits per heavy atom. The van der Waals surface area contributed by atoms with Gasteiger partial charge >= 0.3 is 0 Å². The molecule has 2 heterocycles. The predicted molar refractivity (Wildman–Crippen MR) is 122 cm³/mol. The van der Waals surface area contributed by atoms with Crippen molar-refractivity contribution in [3.63, 3.8) is 0 Å². The first-order valence-electron chi connectivity index (χ1n) is 10.6. The van der Waals surface area contributed by atoms with E-state index in [1.54, 1.807) is 53.6 Å². The SMILES string of the molecule is O=C(Nc1ccc(C(=O)N2CCC(C(=O)Nc3ccccc3)CC2)cc1)c1ccccn1. The van der Waals surface area contributed by atoms with Crippen LogP contribution >= 0.6 is 0 Å². The monoisotopic (exact) mass is 428 g/mol. The number of carbonyl (C=O) groups excluding carboxylic acids is 3. The maximum Gasteiger partial charge on any atom is 0.274 e. The summed E-state index contributed by atoms with van der Waals surface area (Å²) in [7, 11) is 0. The molecule has 1 aliphatic heterocycles. The van der Waals surface area contributed by atoms with Crippen molar-refractivity contribution in [2.45, 2.75) is 12.8 Å². The van der Waals surface area contributed by atoms with Crippen LogP contribution in [0.15, 0.2) is 79.0 Å². The number of nitrogens with one attached hydrogen (secondary N) is 2. The molecule has 7 heteroatoms. The first-order valence-corrected chi connectivity index (χ1v) is 10.6. The van der Waals surface area contributed by atoms with E-state index in [0.29, 0.717) is 42.9 Å². The Morgan fingerprint density at radius 2 is 1.44 bits per heavy atom. The van der Waals surface area contributed by atoms with Crippen molar-refractivity contribution in [1.82, 2.24) is 9.88 Å². The molecule has 2 aromatic carbocycles. The fourth-order valence-corrected chi connectivity index (χ4v) is 3.68. The molecular formula is C25H24N4O3. The third-order valence-electron chi connectivity index (χ3n) is 5.48. The van der Waals surface area contributed by atoms with Crippen LogP contribution in [0.25, 0.3) is 0 Å². The maximum absolute atomic E-state index is 12.9. The van der Waals surface area contributed by atoms with Gasteiger partial charge in [0.1, 0.15) is 5.69 Å². The Morgan fingerprint density at radius 3 is 2.09 bits per heavy atom. The van der Waals surface area contributed by atoms with E-state index in [0.717, 1.165) is 5.69 Å². The molecule has 32 heavy (non-hydrogen) atoms. The van der Waals surface area contributed by atoms with E-state index in [4.69, 9.17) is 0 Å². The lowest BCUT2D eigenvalue weighted by Gasteiger charge is -2.31. The Bertz CT molecular complexity index is 1080. The van der Waals surface area contributed by atoms with Crippen molar-refractivity contribution in [2.24, 2.45) is 5.92 Å². The summed E-state index contributed by atoms with van der Waals surface area (Å²) in [4.78, 5) is 43.3. The molecule has 3 aromatic rings. The Hall–Kier alpha value is -4.00. The number of piperidine rings is 1. The lowest BCUT2D eigenvalue weighted by Crippen LogP contribution is -2.41. The van der Waals surface area contributed by atoms with Crippen LogP contribution in [0.1, 0.15) is 33.7 Å². The minimum absolute atomic E-state index is 0.00343. The lowest BCUT2D eigenvalue weighted by atomic mass is 9.95. The minimum Gasteiger partial charge on any atom is -0.339 e. The molecule has 0 unspecified atom stereocenters. The highest BCUT2D eigenvalue weighted by molar-refractivity contribution is 6.03. The van der Waals surface area contributed by atoms with Gasteiger partial charge in [-0.1, -0.05) is 24.3 Å². The second-order valence-electron chi connectivity index (χ2n) is 7.67. The first-order chi connectivity index (χ1) is 15.6. The van der Waals surface area contributed by atoms with E-state index in [9.17, 15) is 14.4 Å². The maximum atomic E-state index is 12.9. The summed E-state index contributed by atoms with van der Waals surface area (Å²) in [5.74, 6) is -0.491. The number of amides is 3. The van der Waals surface area contributed by atoms with Crippen LogP contribution in [0.2, 0.25) is 0 Å². The Kier molecular flexibility index (Phi) is 6.55. The number of para-hydroxylation sites is 1. The summed E-state index contributed by atoms with van der Waals surface area (Å²) in [5.41, 5.74) is 2.25. The van der Waals surface area contributed by atoms with Crippen molar-refractivity contribution in [2.75, 3.05) is 23.7 Å². The molecule has 4 rings (SSSR count). The number of pyridine rings is 1. The molecule has 162 valence electrons. The molecule has 0 bridgehead atoms. The smallest absolute Gasteiger partial charge is 0.274 e. The van der Waals surface area contributed by atoms with Crippen molar-refractivity contribution >= 4 is 29.1 Å². The molecule has 0 spiro atoms. The number of rotatable bonds is 5. The van der Waals surface area contributed by atoms with Crippen molar-refractivity contribution in [3.05, 3.63) is 90.3 Å². The molecule has 0 saturated carbocycles. The summed E-state index contributed by atoms with van der Waals surface area (Å²) in [5, 5.41) is 5.71. The molecule has 1 aliphatic rings.